The van der Waals surface area contributed by atoms with Crippen LogP contribution in [0.1, 0.15) is 23.7 Å². The molecule has 1 N–H and O–H groups in total. The second-order valence-corrected chi connectivity index (χ2v) is 3.64. The Morgan fingerprint density at radius 2 is 2.38 bits per heavy atom. The number of rotatable bonds is 3. The molecule has 1 heterocycles. The molecule has 0 amide bonds. The lowest BCUT2D eigenvalue weighted by atomic mass is 10.1. The number of hydrogen-bond donors (Lipinski definition) is 1. The number of aromatic amines is 1. The molecular weight excluding hydrogens is 224 g/mol. The highest BCUT2D eigenvalue weighted by Crippen LogP contribution is 2.17. The van der Waals surface area contributed by atoms with Gasteiger partial charge in [-0.2, -0.15) is 4.98 Å². The zero-order valence-corrected chi connectivity index (χ0v) is 9.50. The van der Waals surface area contributed by atoms with Gasteiger partial charge in [0, 0.05) is 17.5 Å². The molecule has 0 atom stereocenters. The normalized spacial score (nSPS) is 10.3. The summed E-state index contributed by atoms with van der Waals surface area (Å²) >= 11 is 4.76. The molecule has 0 fully saturated rings. The van der Waals surface area contributed by atoms with Crippen molar-refractivity contribution in [3.8, 4) is 11.4 Å². The fourth-order valence-electron chi connectivity index (χ4n) is 1.40. The molecule has 0 aliphatic heterocycles. The number of carbonyl (C=O) groups excluding carboxylic acids is 1. The molecule has 1 aromatic heterocycles. The number of carbonyl (C=O) groups is 1. The van der Waals surface area contributed by atoms with Gasteiger partial charge in [-0.05, 0) is 18.3 Å². The molecule has 82 valence electrons. The van der Waals surface area contributed by atoms with Gasteiger partial charge in [-0.1, -0.05) is 25.1 Å². The molecule has 4 nitrogen and oxygen atoms in total. The van der Waals surface area contributed by atoms with Gasteiger partial charge in [0.25, 0.3) is 0 Å². The van der Waals surface area contributed by atoms with Crippen molar-refractivity contribution in [2.24, 2.45) is 0 Å². The van der Waals surface area contributed by atoms with Crippen molar-refractivity contribution in [1.82, 2.24) is 10.1 Å². The van der Waals surface area contributed by atoms with E-state index < -0.39 is 0 Å². The minimum atomic E-state index is 0.101. The van der Waals surface area contributed by atoms with Gasteiger partial charge in [0.15, 0.2) is 11.6 Å². The summed E-state index contributed by atoms with van der Waals surface area (Å²) in [6, 6.07) is 7.21. The maximum atomic E-state index is 11.5. The van der Waals surface area contributed by atoms with Crippen LogP contribution in [0.3, 0.4) is 0 Å². The standard InChI is InChI=1S/C11H10N2O2S/c1-2-9(14)7-4-3-5-8(6-7)10-12-11(16)15-13-10/h3-6H,2H2,1H3,(H,12,13,16). The molecule has 1 aromatic carbocycles. The van der Waals surface area contributed by atoms with Crippen LogP contribution in [-0.2, 0) is 0 Å². The van der Waals surface area contributed by atoms with Gasteiger partial charge in [-0.25, -0.2) is 5.16 Å². The predicted octanol–water partition coefficient (Wildman–Crippen LogP) is 2.99. The number of ketones is 1. The zero-order chi connectivity index (χ0) is 11.5. The molecule has 0 aliphatic rings. The molecule has 0 bridgehead atoms. The lowest BCUT2D eigenvalue weighted by molar-refractivity contribution is 0.0988. The van der Waals surface area contributed by atoms with Crippen LogP contribution in [0.4, 0.5) is 0 Å². The molecule has 2 aromatic rings. The molecule has 0 unspecified atom stereocenters. The summed E-state index contributed by atoms with van der Waals surface area (Å²) in [5.74, 6) is 0.639. The Bertz CT molecular complexity index is 571. The summed E-state index contributed by atoms with van der Waals surface area (Å²) in [6.07, 6.45) is 0.484. The van der Waals surface area contributed by atoms with Gasteiger partial charge in [0.1, 0.15) is 0 Å². The van der Waals surface area contributed by atoms with E-state index in [2.05, 4.69) is 10.1 Å². The Labute approximate surface area is 97.3 Å². The van der Waals surface area contributed by atoms with Crippen LogP contribution in [0.15, 0.2) is 28.8 Å². The number of nitrogens with one attached hydrogen (secondary N) is 1. The fraction of sp³-hybridized carbons (Fsp3) is 0.182. The number of aromatic nitrogens is 2. The molecule has 0 saturated carbocycles. The van der Waals surface area contributed by atoms with Crippen LogP contribution >= 0.6 is 12.2 Å². The van der Waals surface area contributed by atoms with E-state index in [9.17, 15) is 4.79 Å². The van der Waals surface area contributed by atoms with Crippen molar-refractivity contribution in [3.63, 3.8) is 0 Å². The quantitative estimate of drug-likeness (QED) is 0.655. The average molecular weight is 234 g/mol. The highest BCUT2D eigenvalue weighted by molar-refractivity contribution is 7.71. The first kappa shape index (κ1) is 10.8. The van der Waals surface area contributed by atoms with Crippen molar-refractivity contribution in [3.05, 3.63) is 34.7 Å². The first-order chi connectivity index (χ1) is 7.70. The average Bonchev–Trinajstić information content (AvgIpc) is 2.75. The first-order valence-electron chi connectivity index (χ1n) is 4.90. The number of benzene rings is 1. The van der Waals surface area contributed by atoms with E-state index in [1.54, 1.807) is 12.1 Å². The first-order valence-corrected chi connectivity index (χ1v) is 5.30. The van der Waals surface area contributed by atoms with Crippen LogP contribution in [0.25, 0.3) is 11.4 Å². The Balaban J connectivity index is 2.43. The summed E-state index contributed by atoms with van der Waals surface area (Å²) in [7, 11) is 0. The van der Waals surface area contributed by atoms with E-state index in [0.29, 0.717) is 17.8 Å². The minimum absolute atomic E-state index is 0.101. The largest absolute Gasteiger partial charge is 0.348 e. The maximum Gasteiger partial charge on any atom is 0.314 e. The van der Waals surface area contributed by atoms with Gasteiger partial charge in [-0.15, -0.1) is 0 Å². The number of nitrogens with zero attached hydrogens (tertiary/aromatic N) is 1. The van der Waals surface area contributed by atoms with Crippen LogP contribution in [0, 0.1) is 4.84 Å². The van der Waals surface area contributed by atoms with Gasteiger partial charge in [0.2, 0.25) is 0 Å². The third-order valence-electron chi connectivity index (χ3n) is 2.22. The number of Topliss-reactive ketones (excluding diaryl/α,β-unsaturated/α-hetero) is 1. The summed E-state index contributed by atoms with van der Waals surface area (Å²) in [4.78, 5) is 15.7. The Kier molecular flexibility index (Phi) is 2.96. The Morgan fingerprint density at radius 3 is 3.00 bits per heavy atom. The van der Waals surface area contributed by atoms with Crippen molar-refractivity contribution in [2.45, 2.75) is 13.3 Å². The highest BCUT2D eigenvalue weighted by atomic mass is 32.1. The number of H-pyrrole nitrogens is 1. The van der Waals surface area contributed by atoms with Crippen molar-refractivity contribution >= 4 is 18.0 Å². The van der Waals surface area contributed by atoms with Crippen molar-refractivity contribution in [1.29, 1.82) is 0 Å². The summed E-state index contributed by atoms with van der Waals surface area (Å²) in [6.45, 7) is 1.83. The molecule has 2 rings (SSSR count). The van der Waals surface area contributed by atoms with Crippen molar-refractivity contribution in [2.75, 3.05) is 0 Å². The second-order valence-electron chi connectivity index (χ2n) is 3.29. The smallest absolute Gasteiger partial charge is 0.314 e. The van der Waals surface area contributed by atoms with Crippen LogP contribution in [0.2, 0.25) is 0 Å². The minimum Gasteiger partial charge on any atom is -0.348 e. The third kappa shape index (κ3) is 2.09. The van der Waals surface area contributed by atoms with Crippen molar-refractivity contribution < 1.29 is 9.32 Å². The van der Waals surface area contributed by atoms with E-state index in [1.807, 2.05) is 19.1 Å². The highest BCUT2D eigenvalue weighted by Gasteiger charge is 2.07. The monoisotopic (exact) mass is 234 g/mol. The van der Waals surface area contributed by atoms with E-state index in [0.717, 1.165) is 5.56 Å². The fourth-order valence-corrected chi connectivity index (χ4v) is 1.53. The van der Waals surface area contributed by atoms with E-state index >= 15 is 0 Å². The summed E-state index contributed by atoms with van der Waals surface area (Å²) in [5.41, 5.74) is 1.46. The molecule has 0 aliphatic carbocycles. The molecule has 5 heteroatoms. The molecule has 0 saturated heterocycles. The van der Waals surface area contributed by atoms with Gasteiger partial charge in [-0.3, -0.25) is 4.79 Å². The van der Waals surface area contributed by atoms with Crippen LogP contribution in [0.5, 0.6) is 0 Å². The van der Waals surface area contributed by atoms with E-state index in [4.69, 9.17) is 16.7 Å². The Hall–Kier alpha value is -1.75. The lowest BCUT2D eigenvalue weighted by Crippen LogP contribution is -1.96. The van der Waals surface area contributed by atoms with E-state index in [-0.39, 0.29) is 10.6 Å². The molecular formula is C11H10N2O2S. The Morgan fingerprint density at radius 1 is 1.56 bits per heavy atom. The lowest BCUT2D eigenvalue weighted by Gasteiger charge is -1.99. The van der Waals surface area contributed by atoms with Gasteiger partial charge in [0.05, 0.1) is 0 Å². The molecule has 0 spiro atoms. The van der Waals surface area contributed by atoms with Crippen LogP contribution < -0.4 is 0 Å². The number of hydrogen-bond acceptors (Lipinski definition) is 4. The molecule has 0 radical (unpaired) electrons. The SMILES string of the molecule is CCC(=O)c1cccc(-c2nc(=S)o[nH]2)c1. The summed E-state index contributed by atoms with van der Waals surface area (Å²) < 4.78 is 4.84. The summed E-state index contributed by atoms with van der Waals surface area (Å²) in [5, 5.41) is 2.60. The van der Waals surface area contributed by atoms with Crippen LogP contribution in [-0.4, -0.2) is 15.9 Å². The zero-order valence-electron chi connectivity index (χ0n) is 8.69. The second kappa shape index (κ2) is 4.40. The topological polar surface area (TPSA) is 58.9 Å². The van der Waals surface area contributed by atoms with Gasteiger partial charge >= 0.3 is 4.84 Å². The van der Waals surface area contributed by atoms with E-state index in [1.165, 1.54) is 0 Å². The van der Waals surface area contributed by atoms with Gasteiger partial charge < -0.3 is 4.52 Å². The third-order valence-corrected chi connectivity index (χ3v) is 2.39. The predicted molar refractivity (Wildman–Crippen MR) is 61.7 cm³/mol. The molecule has 16 heavy (non-hydrogen) atoms. The maximum absolute atomic E-state index is 11.5.